The average Bonchev–Trinajstić information content (AvgIpc) is 2.41. The summed E-state index contributed by atoms with van der Waals surface area (Å²) in [5.41, 5.74) is 5.36. The second-order valence-electron chi connectivity index (χ2n) is 6.77. The van der Waals surface area contributed by atoms with Gasteiger partial charge in [0, 0.05) is 18.7 Å². The van der Waals surface area contributed by atoms with Gasteiger partial charge in [-0.3, -0.25) is 0 Å². The monoisotopic (exact) mass is 311 g/mol. The van der Waals surface area contributed by atoms with E-state index < -0.39 is 6.43 Å². The maximum absolute atomic E-state index is 12.1. The molecule has 0 radical (unpaired) electrons. The molecule has 0 aliphatic heterocycles. The number of alkyl halides is 2. The molecule has 0 unspecified atom stereocenters. The molecule has 1 N–H and O–H groups in total. The summed E-state index contributed by atoms with van der Waals surface area (Å²) < 4.78 is 24.1. The van der Waals surface area contributed by atoms with Gasteiger partial charge in [0.15, 0.2) is 0 Å². The van der Waals surface area contributed by atoms with Gasteiger partial charge in [-0.15, -0.1) is 0 Å². The standard InChI is InChI=1S/C19H31F2N/c1-13(2)17-12-16(11-15(5)19(17)14(3)4)22-10-8-6-7-9-18(20)21/h11-14,18,22H,6-10H2,1-5H3. The number of hydrogen-bond donors (Lipinski definition) is 1. The van der Waals surface area contributed by atoms with Crippen LogP contribution >= 0.6 is 0 Å². The molecule has 0 bridgehead atoms. The molecule has 0 spiro atoms. The molecule has 1 rings (SSSR count). The predicted molar refractivity (Wildman–Crippen MR) is 92.3 cm³/mol. The van der Waals surface area contributed by atoms with E-state index in [0.29, 0.717) is 18.3 Å². The Kier molecular flexibility index (Phi) is 7.84. The smallest absolute Gasteiger partial charge is 0.238 e. The van der Waals surface area contributed by atoms with Gasteiger partial charge in [0.25, 0.3) is 0 Å². The first-order valence-electron chi connectivity index (χ1n) is 8.49. The molecule has 3 heteroatoms. The SMILES string of the molecule is Cc1cc(NCCCCCC(F)F)cc(C(C)C)c1C(C)C. The van der Waals surface area contributed by atoms with E-state index in [2.05, 4.69) is 52.1 Å². The predicted octanol–water partition coefficient (Wildman–Crippen LogP) is 6.48. The van der Waals surface area contributed by atoms with Gasteiger partial charge in [-0.2, -0.15) is 0 Å². The van der Waals surface area contributed by atoms with Gasteiger partial charge in [0.1, 0.15) is 0 Å². The minimum absolute atomic E-state index is 0.0275. The fourth-order valence-corrected chi connectivity index (χ4v) is 3.03. The van der Waals surface area contributed by atoms with Crippen LogP contribution in [-0.4, -0.2) is 13.0 Å². The van der Waals surface area contributed by atoms with Crippen molar-refractivity contribution in [2.24, 2.45) is 0 Å². The first kappa shape index (κ1) is 18.9. The number of nitrogens with one attached hydrogen (secondary N) is 1. The Labute approximate surface area is 134 Å². The van der Waals surface area contributed by atoms with Crippen LogP contribution in [0.1, 0.15) is 81.9 Å². The molecule has 0 aliphatic carbocycles. The number of rotatable bonds is 9. The molecule has 126 valence electrons. The van der Waals surface area contributed by atoms with Crippen molar-refractivity contribution in [3.05, 3.63) is 28.8 Å². The molecule has 0 heterocycles. The minimum atomic E-state index is -2.16. The quantitative estimate of drug-likeness (QED) is 0.515. The van der Waals surface area contributed by atoms with Gasteiger partial charge < -0.3 is 5.32 Å². The molecular weight excluding hydrogens is 280 g/mol. The molecular formula is C19H31F2N. The average molecular weight is 311 g/mol. The van der Waals surface area contributed by atoms with Crippen molar-refractivity contribution >= 4 is 5.69 Å². The van der Waals surface area contributed by atoms with Gasteiger partial charge >= 0.3 is 0 Å². The molecule has 1 aromatic carbocycles. The third-order valence-corrected chi connectivity index (χ3v) is 4.05. The van der Waals surface area contributed by atoms with E-state index in [0.717, 1.165) is 25.1 Å². The molecule has 0 atom stereocenters. The zero-order valence-electron chi connectivity index (χ0n) is 14.7. The van der Waals surface area contributed by atoms with Gasteiger partial charge in [0.05, 0.1) is 0 Å². The highest BCUT2D eigenvalue weighted by atomic mass is 19.3. The Hall–Kier alpha value is -1.12. The zero-order valence-corrected chi connectivity index (χ0v) is 14.7. The summed E-state index contributed by atoms with van der Waals surface area (Å²) >= 11 is 0. The lowest BCUT2D eigenvalue weighted by molar-refractivity contribution is 0.134. The Morgan fingerprint density at radius 2 is 1.64 bits per heavy atom. The van der Waals surface area contributed by atoms with E-state index in [1.54, 1.807) is 0 Å². The maximum Gasteiger partial charge on any atom is 0.238 e. The second-order valence-corrected chi connectivity index (χ2v) is 6.77. The van der Waals surface area contributed by atoms with Crippen molar-refractivity contribution in [3.8, 4) is 0 Å². The van der Waals surface area contributed by atoms with E-state index in [1.807, 2.05) is 0 Å². The third-order valence-electron chi connectivity index (χ3n) is 4.05. The maximum atomic E-state index is 12.1. The molecule has 1 aromatic rings. The van der Waals surface area contributed by atoms with E-state index in [1.165, 1.54) is 16.7 Å². The van der Waals surface area contributed by atoms with Crippen LogP contribution in [0.5, 0.6) is 0 Å². The molecule has 0 saturated heterocycles. The Morgan fingerprint density at radius 1 is 0.955 bits per heavy atom. The molecule has 0 aromatic heterocycles. The van der Waals surface area contributed by atoms with Gasteiger partial charge in [-0.05, 0) is 60.4 Å². The van der Waals surface area contributed by atoms with E-state index in [4.69, 9.17) is 0 Å². The summed E-state index contributed by atoms with van der Waals surface area (Å²) in [7, 11) is 0. The summed E-state index contributed by atoms with van der Waals surface area (Å²) in [4.78, 5) is 0. The van der Waals surface area contributed by atoms with E-state index in [-0.39, 0.29) is 6.42 Å². The third kappa shape index (κ3) is 5.94. The second kappa shape index (κ2) is 9.12. The van der Waals surface area contributed by atoms with Crippen molar-refractivity contribution in [2.75, 3.05) is 11.9 Å². The summed E-state index contributed by atoms with van der Waals surface area (Å²) in [5, 5.41) is 3.45. The Morgan fingerprint density at radius 3 is 2.18 bits per heavy atom. The van der Waals surface area contributed by atoms with Crippen LogP contribution in [0.15, 0.2) is 12.1 Å². The summed E-state index contributed by atoms with van der Waals surface area (Å²) in [5.74, 6) is 1.03. The topological polar surface area (TPSA) is 12.0 Å². The van der Waals surface area contributed by atoms with Crippen LogP contribution in [0, 0.1) is 6.92 Å². The van der Waals surface area contributed by atoms with Crippen LogP contribution < -0.4 is 5.32 Å². The number of aryl methyl sites for hydroxylation is 1. The van der Waals surface area contributed by atoms with Crippen LogP contribution in [0.4, 0.5) is 14.5 Å². The summed E-state index contributed by atoms with van der Waals surface area (Å²) in [6.07, 6.45) is 0.279. The van der Waals surface area contributed by atoms with Gasteiger partial charge in [-0.1, -0.05) is 34.1 Å². The molecule has 0 aliphatic rings. The van der Waals surface area contributed by atoms with Crippen LogP contribution in [0.2, 0.25) is 0 Å². The Balaban J connectivity index is 2.61. The molecule has 0 fully saturated rings. The first-order chi connectivity index (χ1) is 10.3. The molecule has 0 saturated carbocycles. The minimum Gasteiger partial charge on any atom is -0.385 e. The van der Waals surface area contributed by atoms with E-state index >= 15 is 0 Å². The number of halogens is 2. The van der Waals surface area contributed by atoms with Crippen LogP contribution in [0.3, 0.4) is 0 Å². The fourth-order valence-electron chi connectivity index (χ4n) is 3.03. The van der Waals surface area contributed by atoms with Gasteiger partial charge in [-0.25, -0.2) is 8.78 Å². The number of benzene rings is 1. The summed E-state index contributed by atoms with van der Waals surface area (Å²) in [6, 6.07) is 4.46. The van der Waals surface area contributed by atoms with Crippen molar-refractivity contribution in [1.29, 1.82) is 0 Å². The highest BCUT2D eigenvalue weighted by Crippen LogP contribution is 2.32. The normalized spacial score (nSPS) is 11.7. The lowest BCUT2D eigenvalue weighted by Gasteiger charge is -2.21. The van der Waals surface area contributed by atoms with Crippen molar-refractivity contribution in [1.82, 2.24) is 0 Å². The lowest BCUT2D eigenvalue weighted by atomic mass is 9.87. The largest absolute Gasteiger partial charge is 0.385 e. The summed E-state index contributed by atoms with van der Waals surface area (Å²) in [6.45, 7) is 12.0. The Bertz CT molecular complexity index is 453. The fraction of sp³-hybridized carbons (Fsp3) is 0.684. The number of anilines is 1. The highest BCUT2D eigenvalue weighted by molar-refractivity contribution is 5.54. The van der Waals surface area contributed by atoms with Crippen LogP contribution in [0.25, 0.3) is 0 Å². The van der Waals surface area contributed by atoms with Crippen LogP contribution in [-0.2, 0) is 0 Å². The van der Waals surface area contributed by atoms with Gasteiger partial charge in [0.2, 0.25) is 6.43 Å². The van der Waals surface area contributed by atoms with E-state index in [9.17, 15) is 8.78 Å². The number of unbranched alkanes of at least 4 members (excludes halogenated alkanes) is 2. The number of hydrogen-bond acceptors (Lipinski definition) is 1. The van der Waals surface area contributed by atoms with Crippen molar-refractivity contribution < 1.29 is 8.78 Å². The first-order valence-corrected chi connectivity index (χ1v) is 8.49. The molecule has 22 heavy (non-hydrogen) atoms. The highest BCUT2D eigenvalue weighted by Gasteiger charge is 2.14. The van der Waals surface area contributed by atoms with Crippen molar-refractivity contribution in [2.45, 2.75) is 78.6 Å². The molecule has 0 amide bonds. The molecule has 1 nitrogen and oxygen atoms in total. The zero-order chi connectivity index (χ0) is 16.7. The lowest BCUT2D eigenvalue weighted by Crippen LogP contribution is -2.07. The van der Waals surface area contributed by atoms with Crippen molar-refractivity contribution in [3.63, 3.8) is 0 Å².